The van der Waals surface area contributed by atoms with Crippen molar-refractivity contribution in [3.8, 4) is 5.75 Å². The van der Waals surface area contributed by atoms with Crippen molar-refractivity contribution in [2.75, 3.05) is 29.1 Å². The van der Waals surface area contributed by atoms with Crippen LogP contribution in [-0.2, 0) is 16.0 Å². The summed E-state index contributed by atoms with van der Waals surface area (Å²) in [5.74, 6) is 0.474. The van der Waals surface area contributed by atoms with Crippen molar-refractivity contribution >= 4 is 28.9 Å². The second-order valence-electron chi connectivity index (χ2n) is 8.80. The summed E-state index contributed by atoms with van der Waals surface area (Å²) < 4.78 is 5.85. The van der Waals surface area contributed by atoms with Gasteiger partial charge in [0.1, 0.15) is 5.75 Å². The highest BCUT2D eigenvalue weighted by Crippen LogP contribution is 2.20. The van der Waals surface area contributed by atoms with Crippen LogP contribution < -0.4 is 20.7 Å². The minimum atomic E-state index is -0.497. The van der Waals surface area contributed by atoms with Gasteiger partial charge in [-0.3, -0.25) is 9.59 Å². The third-order valence-corrected chi connectivity index (χ3v) is 4.87. The van der Waals surface area contributed by atoms with Gasteiger partial charge in [0.25, 0.3) is 0 Å². The summed E-state index contributed by atoms with van der Waals surface area (Å²) in [4.78, 5) is 24.6. The summed E-state index contributed by atoms with van der Waals surface area (Å²) in [5.41, 5.74) is 2.79. The topological polar surface area (TPSA) is 79.5 Å². The van der Waals surface area contributed by atoms with Gasteiger partial charge in [0.05, 0.1) is 13.2 Å². The molecule has 0 radical (unpaired) electrons. The molecule has 0 saturated carbocycles. The maximum atomic E-state index is 12.4. The van der Waals surface area contributed by atoms with E-state index in [9.17, 15) is 9.59 Å². The van der Waals surface area contributed by atoms with Gasteiger partial charge in [-0.15, -0.1) is 0 Å². The van der Waals surface area contributed by atoms with E-state index in [1.165, 1.54) is 5.56 Å². The molecule has 0 fully saturated rings. The Morgan fingerprint density at radius 2 is 1.45 bits per heavy atom. The Kier molecular flexibility index (Phi) is 8.08. The van der Waals surface area contributed by atoms with Crippen molar-refractivity contribution in [3.05, 3.63) is 84.4 Å². The van der Waals surface area contributed by atoms with Gasteiger partial charge in [0.2, 0.25) is 11.8 Å². The molecule has 3 aromatic rings. The van der Waals surface area contributed by atoms with Gasteiger partial charge >= 0.3 is 0 Å². The van der Waals surface area contributed by atoms with Gasteiger partial charge in [0.15, 0.2) is 0 Å². The number of carbonyl (C=O) groups excluding carboxylic acids is 2. The van der Waals surface area contributed by atoms with Crippen LogP contribution in [0.3, 0.4) is 0 Å². The van der Waals surface area contributed by atoms with Crippen LogP contribution in [0.25, 0.3) is 0 Å². The van der Waals surface area contributed by atoms with Gasteiger partial charge in [-0.05, 0) is 35.9 Å². The van der Waals surface area contributed by atoms with Crippen molar-refractivity contribution in [2.45, 2.75) is 27.2 Å². The van der Waals surface area contributed by atoms with Crippen molar-refractivity contribution in [3.63, 3.8) is 0 Å². The summed E-state index contributed by atoms with van der Waals surface area (Å²) in [5, 5.41) is 8.83. The summed E-state index contributed by atoms with van der Waals surface area (Å²) in [6.45, 7) is 6.23. The van der Waals surface area contributed by atoms with E-state index < -0.39 is 5.41 Å². The Balaban J connectivity index is 1.47. The molecule has 172 valence electrons. The number of hydrogen-bond donors (Lipinski definition) is 3. The van der Waals surface area contributed by atoms with E-state index >= 15 is 0 Å². The zero-order valence-corrected chi connectivity index (χ0v) is 19.4. The first-order valence-corrected chi connectivity index (χ1v) is 11.0. The molecule has 0 aliphatic heterocycles. The Labute approximate surface area is 195 Å². The molecule has 3 N–H and O–H groups in total. The summed E-state index contributed by atoms with van der Waals surface area (Å²) in [6, 6.07) is 24.8. The second-order valence-corrected chi connectivity index (χ2v) is 8.80. The molecule has 0 aliphatic carbocycles. The Morgan fingerprint density at radius 3 is 2.18 bits per heavy atom. The zero-order chi connectivity index (χ0) is 23.7. The largest absolute Gasteiger partial charge is 0.493 e. The van der Waals surface area contributed by atoms with Gasteiger partial charge in [-0.25, -0.2) is 0 Å². The lowest BCUT2D eigenvalue weighted by Gasteiger charge is -2.18. The van der Waals surface area contributed by atoms with Gasteiger partial charge in [0, 0.05) is 35.0 Å². The normalized spacial score (nSPS) is 10.9. The van der Waals surface area contributed by atoms with Crippen LogP contribution in [0, 0.1) is 5.41 Å². The molecule has 0 saturated heterocycles. The van der Waals surface area contributed by atoms with E-state index in [-0.39, 0.29) is 18.4 Å². The first-order chi connectivity index (χ1) is 15.8. The Bertz CT molecular complexity index is 1080. The molecule has 0 atom stereocenters. The van der Waals surface area contributed by atoms with Crippen LogP contribution in [0.1, 0.15) is 26.3 Å². The lowest BCUT2D eigenvalue weighted by Crippen LogP contribution is -2.27. The van der Waals surface area contributed by atoms with E-state index in [0.29, 0.717) is 18.0 Å². The van der Waals surface area contributed by atoms with Crippen LogP contribution >= 0.6 is 0 Å². The molecular weight excluding hydrogens is 414 g/mol. The van der Waals surface area contributed by atoms with Crippen molar-refractivity contribution in [2.24, 2.45) is 5.41 Å². The lowest BCUT2D eigenvalue weighted by molar-refractivity contribution is -0.123. The molecule has 6 heteroatoms. The Morgan fingerprint density at radius 1 is 0.788 bits per heavy atom. The predicted molar refractivity (Wildman–Crippen MR) is 134 cm³/mol. The van der Waals surface area contributed by atoms with E-state index in [1.807, 2.05) is 63.2 Å². The third kappa shape index (κ3) is 8.00. The smallest absolute Gasteiger partial charge is 0.243 e. The minimum absolute atomic E-state index is 0.0847. The van der Waals surface area contributed by atoms with Crippen LogP contribution in [0.4, 0.5) is 17.1 Å². The molecule has 0 spiro atoms. The van der Waals surface area contributed by atoms with Crippen LogP contribution in [0.5, 0.6) is 5.75 Å². The molecule has 3 rings (SSSR count). The summed E-state index contributed by atoms with van der Waals surface area (Å²) >= 11 is 0. The molecule has 33 heavy (non-hydrogen) atoms. The summed E-state index contributed by atoms with van der Waals surface area (Å²) in [7, 11) is 0. The number of carbonyl (C=O) groups is 2. The average Bonchev–Trinajstić information content (AvgIpc) is 2.78. The number of rotatable bonds is 9. The van der Waals surface area contributed by atoms with Crippen molar-refractivity contribution in [1.82, 2.24) is 0 Å². The number of benzene rings is 3. The summed E-state index contributed by atoms with van der Waals surface area (Å²) in [6.07, 6.45) is 0.830. The highest BCUT2D eigenvalue weighted by molar-refractivity contribution is 5.97. The molecule has 0 heterocycles. The highest BCUT2D eigenvalue weighted by Gasteiger charge is 2.21. The monoisotopic (exact) mass is 445 g/mol. The number of anilines is 3. The van der Waals surface area contributed by atoms with Gasteiger partial charge in [-0.1, -0.05) is 63.2 Å². The van der Waals surface area contributed by atoms with E-state index in [4.69, 9.17) is 4.74 Å². The third-order valence-electron chi connectivity index (χ3n) is 4.87. The molecule has 0 unspecified atom stereocenters. The van der Waals surface area contributed by atoms with Crippen LogP contribution in [0.15, 0.2) is 78.9 Å². The number of ether oxygens (including phenoxy) is 1. The van der Waals surface area contributed by atoms with E-state index in [2.05, 4.69) is 28.1 Å². The average molecular weight is 446 g/mol. The molecular formula is C27H31N3O3. The van der Waals surface area contributed by atoms with Gasteiger partial charge < -0.3 is 20.7 Å². The highest BCUT2D eigenvalue weighted by atomic mass is 16.5. The number of hydrogen-bond acceptors (Lipinski definition) is 4. The van der Waals surface area contributed by atoms with Crippen LogP contribution in [0.2, 0.25) is 0 Å². The first-order valence-electron chi connectivity index (χ1n) is 11.0. The lowest BCUT2D eigenvalue weighted by atomic mass is 9.95. The number of amides is 2. The van der Waals surface area contributed by atoms with Crippen molar-refractivity contribution in [1.29, 1.82) is 0 Å². The second kappa shape index (κ2) is 11.2. The van der Waals surface area contributed by atoms with Crippen molar-refractivity contribution < 1.29 is 14.3 Å². The fourth-order valence-electron chi connectivity index (χ4n) is 3.01. The first kappa shape index (κ1) is 23.9. The quantitative estimate of drug-likeness (QED) is 0.415. The van der Waals surface area contributed by atoms with Crippen LogP contribution in [-0.4, -0.2) is 25.0 Å². The number of nitrogens with one attached hydrogen (secondary N) is 3. The maximum absolute atomic E-state index is 12.4. The van der Waals surface area contributed by atoms with Gasteiger partial charge in [-0.2, -0.15) is 0 Å². The zero-order valence-electron chi connectivity index (χ0n) is 19.4. The molecule has 0 bridgehead atoms. The predicted octanol–water partition coefficient (Wildman–Crippen LogP) is 5.34. The molecule has 0 aromatic heterocycles. The molecule has 3 aromatic carbocycles. The Hall–Kier alpha value is -3.80. The maximum Gasteiger partial charge on any atom is 0.243 e. The molecule has 0 aliphatic rings. The minimum Gasteiger partial charge on any atom is -0.493 e. The fraction of sp³-hybridized carbons (Fsp3) is 0.259. The SMILES string of the molecule is CC(C)(C)C(=O)Nc1cccc(NC(=O)CNc2cccc(OCCc3ccccc3)c2)c1. The van der Waals surface area contributed by atoms with E-state index in [1.54, 1.807) is 24.3 Å². The molecule has 6 nitrogen and oxygen atoms in total. The standard InChI is InChI=1S/C27H31N3O3/c1-27(2,3)26(32)30-23-13-7-12-22(17-23)29-25(31)19-28-21-11-8-14-24(18-21)33-16-15-20-9-5-4-6-10-20/h4-14,17-18,28H,15-16,19H2,1-3H3,(H,29,31)(H,30,32). The fourth-order valence-corrected chi connectivity index (χ4v) is 3.01. The molecule has 2 amide bonds. The van der Waals surface area contributed by atoms with E-state index in [0.717, 1.165) is 17.9 Å².